The monoisotopic (exact) mass is 1650 g/mol. The van der Waals surface area contributed by atoms with Gasteiger partial charge in [0.2, 0.25) is 59.3 Å². The number of phenols is 5. The fourth-order valence-corrected chi connectivity index (χ4v) is 15.8. The number of amides is 8. The topological polar surface area (TPSA) is 557 Å². The number of hydrogen-bond acceptors (Lipinski definition) is 29. The number of rotatable bonds is 8. The number of nitrogens with zero attached hydrogens (tertiary/aromatic N) is 1. The number of benzene rings is 7. The number of nitrogens with two attached hydrogens (primary N) is 1. The molecule has 17 bridgehead atoms. The summed E-state index contributed by atoms with van der Waals surface area (Å²) in [6, 6.07) is 5.30. The van der Waals surface area contributed by atoms with Gasteiger partial charge in [0.1, 0.15) is 137 Å². The molecule has 0 aliphatic carbocycles. The van der Waals surface area contributed by atoms with Crippen LogP contribution in [-0.2, 0) is 59.0 Å². The van der Waals surface area contributed by atoms with E-state index in [9.17, 15) is 70.9 Å². The van der Waals surface area contributed by atoms with Crippen LogP contribution >= 0.6 is 35.0 Å². The second-order valence-electron chi connectivity index (χ2n) is 28.0. The third-order valence-electron chi connectivity index (χ3n) is 20.3. The zero-order valence-corrected chi connectivity index (χ0v) is 62.3. The molecular weight excluding hydrogens is 1570 g/mol. The second kappa shape index (κ2) is 33.1. The lowest BCUT2D eigenvalue weighted by Gasteiger charge is -2.44. The minimum Gasteiger partial charge on any atom is -0.508 e. The van der Waals surface area contributed by atoms with E-state index in [-0.39, 0.29) is 63.4 Å². The van der Waals surface area contributed by atoms with Gasteiger partial charge < -0.3 is 142 Å². The molecule has 0 aromatic heterocycles. The van der Waals surface area contributed by atoms with Crippen molar-refractivity contribution in [3.63, 3.8) is 0 Å². The number of aliphatic hydroxyl groups excluding tert-OH is 7. The molecule has 9 aliphatic rings. The lowest BCUT2D eigenvalue weighted by molar-refractivity contribution is -0.284. The van der Waals surface area contributed by atoms with E-state index in [1.165, 1.54) is 65.2 Å². The Morgan fingerprint density at radius 1 is 0.557 bits per heavy atom. The van der Waals surface area contributed by atoms with Gasteiger partial charge in [-0.05, 0) is 118 Å². The summed E-state index contributed by atoms with van der Waals surface area (Å²) in [7, 11) is 0. The molecule has 0 spiro atoms. The Kier molecular flexibility index (Phi) is 23.2. The SMILES string of the molecule is CC(=O)N[C@@H]1[C@H](O[C@@H]2c3ccc(c(Cl)c3)Oc3cc4cc(c3O)Oc3ccc(cc3Cl)C[C@H]3NC(=O)[C@H](N)c5ccc(O)c(c5)Oc5cc(O)cc(c5)[C@H](NC3=O)C(=O)N[C@H]4C(=O)N[C@H]3C(=O)N[C@@H]2C(=O)N[C@H](C(=O)N2CCSCC2)c2cc(O)cc(O[C@H]4O[C@H](CO)[C@@H](O)[C@@H](O)[C@@H]4O)c2-c2cc3ccc2O)O[C@@H](CO)[C@@H](O)[C@@H]1O. The molecule has 16 rings (SSSR count). The van der Waals surface area contributed by atoms with Gasteiger partial charge in [-0.25, -0.2) is 0 Å². The number of halogens is 2. The maximum atomic E-state index is 16.5. The van der Waals surface area contributed by atoms with E-state index in [2.05, 4.69) is 37.2 Å². The quantitative estimate of drug-likeness (QED) is 0.101. The van der Waals surface area contributed by atoms with Crippen LogP contribution < -0.4 is 61.9 Å². The van der Waals surface area contributed by atoms with E-state index in [1.807, 2.05) is 0 Å². The molecule has 7 aromatic rings. The molecule has 115 heavy (non-hydrogen) atoms. The molecule has 8 amide bonds. The van der Waals surface area contributed by atoms with Crippen molar-refractivity contribution in [1.82, 2.24) is 42.1 Å². The zero-order valence-electron chi connectivity index (χ0n) is 60.0. The van der Waals surface area contributed by atoms with Crippen molar-refractivity contribution >= 4 is 82.2 Å². The summed E-state index contributed by atoms with van der Waals surface area (Å²) >= 11 is 15.7. The number of ether oxygens (including phenoxy) is 7. The fraction of sp³-hybridized carbons (Fsp3) is 0.342. The number of fused-ring (bicyclic) bond motifs is 14. The molecule has 39 heteroatoms. The molecule has 0 saturated carbocycles. The minimum absolute atomic E-state index is 0.0282. The summed E-state index contributed by atoms with van der Waals surface area (Å²) in [6.07, 6.45) is -20.3. The lowest BCUT2D eigenvalue weighted by atomic mass is 9.89. The summed E-state index contributed by atoms with van der Waals surface area (Å²) in [5.74, 6) is -15.4. The van der Waals surface area contributed by atoms with Gasteiger partial charge in [-0.1, -0.05) is 47.5 Å². The van der Waals surface area contributed by atoms with E-state index < -0.39 is 255 Å². The highest BCUT2D eigenvalue weighted by Crippen LogP contribution is 2.50. The second-order valence-corrected chi connectivity index (χ2v) is 30.1. The van der Waals surface area contributed by atoms with Crippen LogP contribution in [0.15, 0.2) is 115 Å². The van der Waals surface area contributed by atoms with Crippen LogP contribution in [-0.4, -0.2) is 225 Å². The first-order valence-corrected chi connectivity index (χ1v) is 37.7. The summed E-state index contributed by atoms with van der Waals surface area (Å²) in [5.41, 5.74) is 4.05. The van der Waals surface area contributed by atoms with E-state index in [4.69, 9.17) is 62.1 Å². The third-order valence-corrected chi connectivity index (χ3v) is 21.9. The molecule has 21 N–H and O–H groups in total. The van der Waals surface area contributed by atoms with Gasteiger partial charge in [-0.15, -0.1) is 0 Å². The van der Waals surface area contributed by atoms with Gasteiger partial charge in [-0.2, -0.15) is 11.8 Å². The molecule has 36 nitrogen and oxygen atoms in total. The number of aliphatic hydroxyl groups is 7. The van der Waals surface area contributed by atoms with Gasteiger partial charge in [0.05, 0.1) is 23.3 Å². The van der Waals surface area contributed by atoms with Gasteiger partial charge in [0.15, 0.2) is 29.3 Å². The lowest BCUT2D eigenvalue weighted by Crippen LogP contribution is -2.65. The highest BCUT2D eigenvalue weighted by molar-refractivity contribution is 7.99. The molecule has 9 aliphatic heterocycles. The number of phenolic OH excluding ortho intramolecular Hbond substituents is 5. The van der Waals surface area contributed by atoms with Crippen LogP contribution in [0, 0.1) is 0 Å². The molecule has 3 saturated heterocycles. The predicted octanol–water partition coefficient (Wildman–Crippen LogP) is 0.917. The normalized spacial score (nSPS) is 28.2. The van der Waals surface area contributed by atoms with Crippen molar-refractivity contribution < 1.29 is 133 Å². The number of nitrogens with one attached hydrogen (secondary N) is 7. The molecule has 9 heterocycles. The number of carbonyl (C=O) groups excluding carboxylic acids is 8. The van der Waals surface area contributed by atoms with Crippen molar-refractivity contribution in [2.45, 2.75) is 123 Å². The van der Waals surface area contributed by atoms with Crippen LogP contribution in [0.1, 0.15) is 82.2 Å². The van der Waals surface area contributed by atoms with Crippen molar-refractivity contribution in [2.75, 3.05) is 37.8 Å². The largest absolute Gasteiger partial charge is 0.508 e. The summed E-state index contributed by atoms with van der Waals surface area (Å²) in [5, 5.41) is 155. The number of hydrogen-bond donors (Lipinski definition) is 20. The minimum atomic E-state index is -2.40. The highest BCUT2D eigenvalue weighted by Gasteiger charge is 2.51. The number of thioether (sulfide) groups is 1. The highest BCUT2D eigenvalue weighted by atomic mass is 35.5. The fourth-order valence-electron chi connectivity index (χ4n) is 14.4. The Morgan fingerprint density at radius 2 is 1.14 bits per heavy atom. The smallest absolute Gasteiger partial charge is 0.249 e. The van der Waals surface area contributed by atoms with Crippen molar-refractivity contribution in [3.8, 4) is 80.1 Å². The third kappa shape index (κ3) is 16.4. The van der Waals surface area contributed by atoms with Gasteiger partial charge >= 0.3 is 0 Å². The first kappa shape index (κ1) is 80.6. The van der Waals surface area contributed by atoms with Crippen molar-refractivity contribution in [3.05, 3.63) is 164 Å². The standard InChI is InChI=1S/C76H75Cl2N9O27S/c1-28(90)80-59-64(98)62(96)51(26-88)112-75(59)114-67-32-5-9-46(41(78)19-32)110-50-22-34-21-49(61(50)95)109-45-8-2-29(14-40(45)77)15-42-68(101)82-56(33-16-35(91)23-37(17-33)108-47-20-30(3-7-44(47)94)54(79)69(102)81-42)71(104)84-57(34)72(105)83-55-31-4-6-43(93)38(18-31)53-39(24-36(92)25-48(53)111-76-66(100)65(99)63(97)52(27-89)113-76)58(74(107)87-10-12-115-13-11-87)85-73(106)60(67)86-70(55)103/h2-9,14,16-25,42,51-52,54-60,62-67,75-76,88-89,91-100H,10-13,15,26-27,79H2,1H3,(H,80,90)(H,81,102)(H,82,101)(H,83,105)(H,84,104)(H,85,106)(H,86,103)/t42-,51+,52-,54-,55-,56+,57-,58+,59+,60+,62-,63-,64-,65-,66+,67-,75+,76+/m1/s1. The Bertz CT molecular complexity index is 5040. The van der Waals surface area contributed by atoms with Gasteiger partial charge in [-0.3, -0.25) is 38.4 Å². The van der Waals surface area contributed by atoms with Crippen LogP contribution in [0.3, 0.4) is 0 Å². The van der Waals surface area contributed by atoms with E-state index in [0.29, 0.717) is 11.5 Å². The van der Waals surface area contributed by atoms with Crippen molar-refractivity contribution in [1.29, 1.82) is 0 Å². The number of aromatic hydroxyl groups is 5. The molecular formula is C76H75Cl2N9O27S. The summed E-state index contributed by atoms with van der Waals surface area (Å²) < 4.78 is 43.8. The zero-order chi connectivity index (χ0) is 81.9. The maximum absolute atomic E-state index is 16.5. The maximum Gasteiger partial charge on any atom is 0.249 e. The average Bonchev–Trinajstić information content (AvgIpc) is 0.754. The van der Waals surface area contributed by atoms with E-state index >= 15 is 28.8 Å². The number of carbonyl (C=O) groups is 8. The Morgan fingerprint density at radius 3 is 1.80 bits per heavy atom. The van der Waals surface area contributed by atoms with Crippen LogP contribution in [0.5, 0.6) is 69.0 Å². The Balaban J connectivity index is 1.01. The molecule has 0 unspecified atom stereocenters. The predicted molar refractivity (Wildman–Crippen MR) is 398 cm³/mol. The molecule has 7 aromatic carbocycles. The van der Waals surface area contributed by atoms with Crippen LogP contribution in [0.25, 0.3) is 11.1 Å². The van der Waals surface area contributed by atoms with E-state index in [1.54, 1.807) is 0 Å². The first-order chi connectivity index (χ1) is 54.9. The molecule has 18 atom stereocenters. The van der Waals surface area contributed by atoms with Crippen LogP contribution in [0.4, 0.5) is 0 Å². The first-order valence-electron chi connectivity index (χ1n) is 35.7. The molecule has 0 radical (unpaired) electrons. The van der Waals surface area contributed by atoms with Gasteiger partial charge in [0.25, 0.3) is 0 Å². The van der Waals surface area contributed by atoms with E-state index in [0.717, 1.165) is 73.7 Å². The van der Waals surface area contributed by atoms with Gasteiger partial charge in [0, 0.05) is 61.2 Å². The molecule has 3 fully saturated rings. The van der Waals surface area contributed by atoms with Crippen LogP contribution in [0.2, 0.25) is 10.0 Å². The van der Waals surface area contributed by atoms with Crippen molar-refractivity contribution in [2.24, 2.45) is 5.73 Å². The molecule has 606 valence electrons. The Hall–Kier alpha value is -11.0. The summed E-state index contributed by atoms with van der Waals surface area (Å²) in [4.78, 5) is 125. The Labute approximate surface area is 664 Å². The summed E-state index contributed by atoms with van der Waals surface area (Å²) in [6.45, 7) is -0.904. The average molecular weight is 1650 g/mol.